The molecular weight excluding hydrogens is 500 g/mol. The minimum absolute atomic E-state index is 0.0920. The fraction of sp³-hybridized carbons (Fsp3) is 0.207. The first-order chi connectivity index (χ1) is 18.6. The van der Waals surface area contributed by atoms with E-state index in [1.54, 1.807) is 10.6 Å². The van der Waals surface area contributed by atoms with E-state index in [9.17, 15) is 4.79 Å². The summed E-state index contributed by atoms with van der Waals surface area (Å²) in [5.41, 5.74) is 4.19. The Hall–Kier alpha value is -4.30. The van der Waals surface area contributed by atoms with Gasteiger partial charge in [0.2, 0.25) is 5.82 Å². The maximum atomic E-state index is 13.2. The maximum absolute atomic E-state index is 13.2. The molecule has 0 aliphatic rings. The average Bonchev–Trinajstić information content (AvgIpc) is 3.48. The molecule has 8 nitrogen and oxygen atoms in total. The molecule has 0 atom stereocenters. The van der Waals surface area contributed by atoms with Crippen LogP contribution in [0.15, 0.2) is 83.7 Å². The summed E-state index contributed by atoms with van der Waals surface area (Å²) in [6.07, 6.45) is 2.68. The van der Waals surface area contributed by atoms with Gasteiger partial charge in [-0.05, 0) is 41.0 Å². The minimum atomic E-state index is -0.0920. The summed E-state index contributed by atoms with van der Waals surface area (Å²) in [7, 11) is 0. The number of aromatic nitrogens is 6. The van der Waals surface area contributed by atoms with Crippen LogP contribution in [-0.2, 0) is 19.6 Å². The molecule has 3 aromatic carbocycles. The maximum Gasteiger partial charge on any atom is 0.254 e. The average molecular weight is 527 g/mol. The zero-order chi connectivity index (χ0) is 26.3. The summed E-state index contributed by atoms with van der Waals surface area (Å²) in [5, 5.41) is 14.6. The number of nitrogens with zero attached hydrogens (tertiary/aromatic N) is 5. The summed E-state index contributed by atoms with van der Waals surface area (Å²) >= 11 is 6.38. The van der Waals surface area contributed by atoms with Gasteiger partial charge in [-0.2, -0.15) is 5.21 Å². The van der Waals surface area contributed by atoms with Gasteiger partial charge in [-0.15, -0.1) is 10.2 Å². The van der Waals surface area contributed by atoms with Crippen molar-refractivity contribution >= 4 is 11.6 Å². The number of aromatic amines is 1. The molecule has 0 unspecified atom stereocenters. The summed E-state index contributed by atoms with van der Waals surface area (Å²) in [5.74, 6) is 2.07. The van der Waals surface area contributed by atoms with E-state index in [0.29, 0.717) is 29.7 Å². The van der Waals surface area contributed by atoms with Crippen LogP contribution in [0.25, 0.3) is 22.6 Å². The van der Waals surface area contributed by atoms with E-state index in [-0.39, 0.29) is 5.56 Å². The van der Waals surface area contributed by atoms with Crippen molar-refractivity contribution in [1.82, 2.24) is 30.2 Å². The second-order valence-electron chi connectivity index (χ2n) is 8.93. The third kappa shape index (κ3) is 5.98. The molecule has 5 aromatic rings. The van der Waals surface area contributed by atoms with Crippen LogP contribution < -0.4 is 10.3 Å². The molecule has 0 spiro atoms. The molecule has 9 heteroatoms. The van der Waals surface area contributed by atoms with E-state index in [4.69, 9.17) is 21.3 Å². The zero-order valence-electron chi connectivity index (χ0n) is 21.0. The molecular formula is C29H27ClN6O2. The Morgan fingerprint density at radius 1 is 0.974 bits per heavy atom. The van der Waals surface area contributed by atoms with Gasteiger partial charge < -0.3 is 4.74 Å². The van der Waals surface area contributed by atoms with Crippen LogP contribution in [0, 0.1) is 0 Å². The topological polar surface area (TPSA) is 98.6 Å². The van der Waals surface area contributed by atoms with Gasteiger partial charge in [-0.3, -0.25) is 9.36 Å². The predicted molar refractivity (Wildman–Crippen MR) is 147 cm³/mol. The predicted octanol–water partition coefficient (Wildman–Crippen LogP) is 5.71. The first kappa shape index (κ1) is 25.4. The first-order valence-electron chi connectivity index (χ1n) is 12.5. The number of halogens is 1. The van der Waals surface area contributed by atoms with Crippen molar-refractivity contribution in [1.29, 1.82) is 0 Å². The molecule has 0 aliphatic heterocycles. The van der Waals surface area contributed by atoms with Crippen molar-refractivity contribution < 1.29 is 4.74 Å². The lowest BCUT2D eigenvalue weighted by atomic mass is 10.1. The number of benzene rings is 3. The Kier molecular flexibility index (Phi) is 7.89. The molecule has 0 aliphatic carbocycles. The Labute approximate surface area is 225 Å². The number of rotatable bonds is 10. The molecule has 2 heterocycles. The first-order valence-corrected chi connectivity index (χ1v) is 12.9. The second-order valence-corrected chi connectivity index (χ2v) is 9.34. The van der Waals surface area contributed by atoms with Gasteiger partial charge in [0.05, 0.1) is 12.2 Å². The van der Waals surface area contributed by atoms with Crippen LogP contribution in [0.5, 0.6) is 5.75 Å². The van der Waals surface area contributed by atoms with Crippen molar-refractivity contribution in [2.45, 2.75) is 39.3 Å². The highest BCUT2D eigenvalue weighted by Crippen LogP contribution is 2.26. The number of H-pyrrole nitrogens is 1. The molecule has 5 rings (SSSR count). The number of ether oxygens (including phenoxy) is 1. The Morgan fingerprint density at radius 3 is 2.45 bits per heavy atom. The molecule has 192 valence electrons. The van der Waals surface area contributed by atoms with Gasteiger partial charge in [0.25, 0.3) is 5.56 Å². The van der Waals surface area contributed by atoms with E-state index >= 15 is 0 Å². The van der Waals surface area contributed by atoms with Crippen LogP contribution >= 0.6 is 11.6 Å². The van der Waals surface area contributed by atoms with E-state index in [2.05, 4.69) is 27.5 Å². The number of hydrogen-bond donors (Lipinski definition) is 1. The van der Waals surface area contributed by atoms with Crippen molar-refractivity contribution in [2.75, 3.05) is 0 Å². The fourth-order valence-electron chi connectivity index (χ4n) is 4.13. The minimum Gasteiger partial charge on any atom is -0.489 e. The molecule has 0 saturated heterocycles. The fourth-order valence-corrected chi connectivity index (χ4v) is 4.36. The van der Waals surface area contributed by atoms with Crippen molar-refractivity contribution in [3.63, 3.8) is 0 Å². The van der Waals surface area contributed by atoms with E-state index < -0.39 is 0 Å². The SMILES string of the molecule is CCCCc1nc(-c2ccccc2Cl)cc(=O)n1Cc1ccc(OCc2ccc(-c3nn[nH]n3)cc2)cc1. The smallest absolute Gasteiger partial charge is 0.254 e. The molecule has 0 fully saturated rings. The Balaban J connectivity index is 1.28. The normalized spacial score (nSPS) is 11.0. The summed E-state index contributed by atoms with van der Waals surface area (Å²) in [4.78, 5) is 18.0. The van der Waals surface area contributed by atoms with Crippen molar-refractivity contribution in [3.05, 3.63) is 111 Å². The number of aryl methyl sites for hydroxylation is 1. The number of unbranched alkanes of at least 4 members (excludes halogenated alkanes) is 1. The zero-order valence-corrected chi connectivity index (χ0v) is 21.7. The van der Waals surface area contributed by atoms with Gasteiger partial charge in [-0.25, -0.2) is 4.98 Å². The molecule has 0 saturated carbocycles. The monoisotopic (exact) mass is 526 g/mol. The van der Waals surface area contributed by atoms with Gasteiger partial charge in [-0.1, -0.05) is 79.5 Å². The second kappa shape index (κ2) is 11.8. The van der Waals surface area contributed by atoms with E-state index in [0.717, 1.165) is 53.1 Å². The molecule has 0 radical (unpaired) electrons. The number of hydrogen-bond acceptors (Lipinski definition) is 6. The van der Waals surface area contributed by atoms with Crippen LogP contribution in [0.4, 0.5) is 0 Å². The number of nitrogens with one attached hydrogen (secondary N) is 1. The summed E-state index contributed by atoms with van der Waals surface area (Å²) < 4.78 is 7.71. The van der Waals surface area contributed by atoms with Crippen molar-refractivity contribution in [3.8, 4) is 28.4 Å². The highest BCUT2D eigenvalue weighted by molar-refractivity contribution is 6.33. The lowest BCUT2D eigenvalue weighted by Crippen LogP contribution is -2.25. The van der Waals surface area contributed by atoms with Gasteiger partial charge in [0, 0.05) is 28.6 Å². The van der Waals surface area contributed by atoms with Crippen LogP contribution in [0.3, 0.4) is 0 Å². The largest absolute Gasteiger partial charge is 0.489 e. The molecule has 0 amide bonds. The van der Waals surface area contributed by atoms with Gasteiger partial charge in [0.15, 0.2) is 0 Å². The third-order valence-electron chi connectivity index (χ3n) is 6.22. The number of tetrazole rings is 1. The van der Waals surface area contributed by atoms with Gasteiger partial charge >= 0.3 is 0 Å². The third-order valence-corrected chi connectivity index (χ3v) is 6.55. The Bertz CT molecular complexity index is 1550. The van der Waals surface area contributed by atoms with Gasteiger partial charge in [0.1, 0.15) is 18.2 Å². The standard InChI is InChI=1S/C29H27ClN6O2/c1-2-3-8-27-31-26(24-6-4-5-7-25(24)30)17-28(37)36(27)18-20-11-15-23(16-12-20)38-19-21-9-13-22(14-10-21)29-32-34-35-33-29/h4-7,9-17H,2-3,8,18-19H2,1H3,(H,32,33,34,35). The molecule has 1 N–H and O–H groups in total. The van der Waals surface area contributed by atoms with E-state index in [1.165, 1.54) is 0 Å². The molecule has 38 heavy (non-hydrogen) atoms. The van der Waals surface area contributed by atoms with E-state index in [1.807, 2.05) is 72.8 Å². The Morgan fingerprint density at radius 2 is 1.74 bits per heavy atom. The van der Waals surface area contributed by atoms with Crippen LogP contribution in [0.2, 0.25) is 5.02 Å². The summed E-state index contributed by atoms with van der Waals surface area (Å²) in [6.45, 7) is 2.99. The lowest BCUT2D eigenvalue weighted by molar-refractivity contribution is 0.306. The van der Waals surface area contributed by atoms with Crippen molar-refractivity contribution in [2.24, 2.45) is 0 Å². The van der Waals surface area contributed by atoms with Crippen LogP contribution in [0.1, 0.15) is 36.7 Å². The lowest BCUT2D eigenvalue weighted by Gasteiger charge is -2.15. The molecule has 2 aromatic heterocycles. The highest BCUT2D eigenvalue weighted by atomic mass is 35.5. The highest BCUT2D eigenvalue weighted by Gasteiger charge is 2.13. The summed E-state index contributed by atoms with van der Waals surface area (Å²) in [6, 6.07) is 24.7. The quantitative estimate of drug-likeness (QED) is 0.250. The van der Waals surface area contributed by atoms with Crippen LogP contribution in [-0.4, -0.2) is 30.2 Å². The molecule has 0 bridgehead atoms.